The third-order valence-electron chi connectivity index (χ3n) is 11.2. The van der Waals surface area contributed by atoms with Crippen LogP contribution in [0.3, 0.4) is 0 Å². The summed E-state index contributed by atoms with van der Waals surface area (Å²) in [6.07, 6.45) is 5.92. The molecule has 7 heteroatoms. The lowest BCUT2D eigenvalue weighted by Gasteiger charge is -2.65. The first-order chi connectivity index (χ1) is 17.0. The molecule has 2 bridgehead atoms. The van der Waals surface area contributed by atoms with Crippen molar-refractivity contribution in [2.75, 3.05) is 14.1 Å². The van der Waals surface area contributed by atoms with Crippen LogP contribution in [-0.2, 0) is 4.74 Å². The van der Waals surface area contributed by atoms with Crippen LogP contribution in [0.25, 0.3) is 16.6 Å². The number of aryl methyl sites for hydroxylation is 1. The Morgan fingerprint density at radius 1 is 1.08 bits per heavy atom. The summed E-state index contributed by atoms with van der Waals surface area (Å²) in [5.74, 6) is 0.860. The molecule has 9 atom stereocenters. The minimum Gasteiger partial charge on any atom is -0.390 e. The molecule has 3 aliphatic carbocycles. The minimum absolute atomic E-state index is 0.0961. The van der Waals surface area contributed by atoms with E-state index in [-0.39, 0.29) is 23.3 Å². The van der Waals surface area contributed by atoms with Gasteiger partial charge in [-0.25, -0.2) is 4.98 Å². The normalized spacial score (nSPS) is 47.6. The highest BCUT2D eigenvalue weighted by atomic mass is 16.6. The van der Waals surface area contributed by atoms with Gasteiger partial charge in [-0.2, -0.15) is 0 Å². The first kappa shape index (κ1) is 23.4. The largest absolute Gasteiger partial charge is 0.390 e. The van der Waals surface area contributed by atoms with E-state index in [1.165, 1.54) is 11.1 Å². The number of aliphatic hydroxyl groups is 3. The van der Waals surface area contributed by atoms with Crippen LogP contribution >= 0.6 is 0 Å². The van der Waals surface area contributed by atoms with E-state index in [0.29, 0.717) is 19.3 Å². The van der Waals surface area contributed by atoms with E-state index >= 15 is 0 Å². The van der Waals surface area contributed by atoms with Crippen LogP contribution in [0.1, 0.15) is 63.3 Å². The standard InChI is InChI=1S/C29H39N3O4/c1-16-30-20-7-5-17(13-21(20)31-16)18-6-8-23-26(18,2)9-11-28(35)14-19-24(33)25(34)22(32(3)4)15-27(19)10-12-29(23,28)36-27/h5-7,13,19,22-25,33-35H,8-12,14-15H2,1-4H3,(H,30,31). The van der Waals surface area contributed by atoms with Crippen molar-refractivity contribution < 1.29 is 20.1 Å². The second kappa shape index (κ2) is 7.20. The summed E-state index contributed by atoms with van der Waals surface area (Å²) in [6, 6.07) is 6.36. The number of aliphatic hydroxyl groups excluding tert-OH is 2. The Morgan fingerprint density at radius 3 is 2.67 bits per heavy atom. The summed E-state index contributed by atoms with van der Waals surface area (Å²) in [7, 11) is 3.93. The zero-order chi connectivity index (χ0) is 25.3. The molecule has 2 aromatic rings. The summed E-state index contributed by atoms with van der Waals surface area (Å²) >= 11 is 0. The first-order valence-corrected chi connectivity index (χ1v) is 13.6. The zero-order valence-electron chi connectivity index (χ0n) is 21.8. The molecule has 0 amide bonds. The van der Waals surface area contributed by atoms with E-state index in [0.717, 1.165) is 42.5 Å². The van der Waals surface area contributed by atoms with Gasteiger partial charge in [-0.3, -0.25) is 0 Å². The predicted molar refractivity (Wildman–Crippen MR) is 137 cm³/mol. The molecule has 7 rings (SSSR count). The lowest BCUT2D eigenvalue weighted by atomic mass is 9.51. The molecule has 1 aromatic heterocycles. The van der Waals surface area contributed by atoms with Crippen molar-refractivity contribution in [2.45, 2.75) is 93.8 Å². The maximum absolute atomic E-state index is 12.3. The molecule has 36 heavy (non-hydrogen) atoms. The monoisotopic (exact) mass is 493 g/mol. The van der Waals surface area contributed by atoms with Crippen LogP contribution in [0.4, 0.5) is 0 Å². The smallest absolute Gasteiger partial charge is 0.104 e. The number of likely N-dealkylation sites (N-methyl/N-ethyl adjacent to an activating group) is 1. The number of hydrogen-bond acceptors (Lipinski definition) is 6. The van der Waals surface area contributed by atoms with Gasteiger partial charge in [0.05, 0.1) is 34.4 Å². The van der Waals surface area contributed by atoms with Gasteiger partial charge in [-0.05, 0) is 94.6 Å². The van der Waals surface area contributed by atoms with Gasteiger partial charge in [-0.1, -0.05) is 19.1 Å². The van der Waals surface area contributed by atoms with E-state index in [2.05, 4.69) is 41.2 Å². The third-order valence-corrected chi connectivity index (χ3v) is 11.2. The average molecular weight is 494 g/mol. The molecule has 4 fully saturated rings. The molecule has 0 radical (unpaired) electrons. The third kappa shape index (κ3) is 2.73. The van der Waals surface area contributed by atoms with Gasteiger partial charge in [0.15, 0.2) is 0 Å². The Bertz CT molecular complexity index is 1270. The molecular formula is C29H39N3O4. The number of aromatic amines is 1. The topological polar surface area (TPSA) is 102 Å². The molecule has 4 N–H and O–H groups in total. The van der Waals surface area contributed by atoms with Crippen LogP contribution in [-0.4, -0.2) is 79.3 Å². The fourth-order valence-electron chi connectivity index (χ4n) is 9.36. The van der Waals surface area contributed by atoms with E-state index in [4.69, 9.17) is 4.74 Å². The van der Waals surface area contributed by atoms with Gasteiger partial charge in [0, 0.05) is 17.9 Å². The predicted octanol–water partition coefficient (Wildman–Crippen LogP) is 3.17. The molecule has 5 aliphatic rings. The molecule has 2 saturated heterocycles. The lowest BCUT2D eigenvalue weighted by molar-refractivity contribution is -0.331. The van der Waals surface area contributed by atoms with Crippen LogP contribution in [0.2, 0.25) is 0 Å². The highest BCUT2D eigenvalue weighted by Gasteiger charge is 2.76. The van der Waals surface area contributed by atoms with Crippen molar-refractivity contribution in [3.8, 4) is 0 Å². The maximum atomic E-state index is 12.3. The SMILES string of the molecule is Cc1nc2ccc(C3=CCC4C3(C)CCC3(O)CC5C(O)C(O)C(N(C)C)CC56CCC43O6)cc2[nH]1. The molecule has 3 heterocycles. The van der Waals surface area contributed by atoms with Crippen molar-refractivity contribution in [2.24, 2.45) is 17.3 Å². The lowest BCUT2D eigenvalue weighted by Crippen LogP contribution is -2.73. The number of aromatic nitrogens is 2. The van der Waals surface area contributed by atoms with Crippen molar-refractivity contribution >= 4 is 16.6 Å². The van der Waals surface area contributed by atoms with E-state index in [1.807, 2.05) is 25.9 Å². The van der Waals surface area contributed by atoms with Gasteiger partial charge >= 0.3 is 0 Å². The summed E-state index contributed by atoms with van der Waals surface area (Å²) < 4.78 is 7.22. The van der Waals surface area contributed by atoms with E-state index in [9.17, 15) is 15.3 Å². The van der Waals surface area contributed by atoms with Gasteiger partial charge in [-0.15, -0.1) is 0 Å². The number of hydrogen-bond donors (Lipinski definition) is 4. The molecule has 2 saturated carbocycles. The summed E-state index contributed by atoms with van der Waals surface area (Å²) in [4.78, 5) is 9.97. The van der Waals surface area contributed by atoms with E-state index < -0.39 is 29.0 Å². The number of benzene rings is 1. The van der Waals surface area contributed by atoms with Gasteiger partial charge in [0.2, 0.25) is 0 Å². The maximum Gasteiger partial charge on any atom is 0.104 e. The number of imidazole rings is 1. The van der Waals surface area contributed by atoms with Crippen molar-refractivity contribution in [1.29, 1.82) is 0 Å². The number of fused-ring (bicyclic) bond motifs is 2. The quantitative estimate of drug-likeness (QED) is 0.513. The molecule has 2 spiro atoms. The zero-order valence-corrected chi connectivity index (χ0v) is 21.8. The fraction of sp³-hybridized carbons (Fsp3) is 0.690. The number of H-pyrrole nitrogens is 1. The fourth-order valence-corrected chi connectivity index (χ4v) is 9.36. The summed E-state index contributed by atoms with van der Waals surface area (Å²) in [5.41, 5.74) is 2.43. The average Bonchev–Trinajstić information content (AvgIpc) is 3.49. The Balaban J connectivity index is 1.27. The Labute approximate surface area is 212 Å². The van der Waals surface area contributed by atoms with Crippen LogP contribution in [0.5, 0.6) is 0 Å². The minimum atomic E-state index is -0.985. The summed E-state index contributed by atoms with van der Waals surface area (Å²) in [6.45, 7) is 4.36. The van der Waals surface area contributed by atoms with Crippen LogP contribution in [0.15, 0.2) is 24.3 Å². The first-order valence-electron chi connectivity index (χ1n) is 13.6. The Morgan fingerprint density at radius 2 is 1.89 bits per heavy atom. The second-order valence-electron chi connectivity index (χ2n) is 13.0. The Kier molecular flexibility index (Phi) is 4.67. The highest BCUT2D eigenvalue weighted by Crippen LogP contribution is 2.71. The number of ether oxygens (including phenoxy) is 1. The van der Waals surface area contributed by atoms with Crippen molar-refractivity contribution in [1.82, 2.24) is 14.9 Å². The molecule has 2 aliphatic heterocycles. The van der Waals surface area contributed by atoms with Gasteiger partial charge in [0.1, 0.15) is 11.4 Å². The number of nitrogens with one attached hydrogen (secondary N) is 1. The Hall–Kier alpha value is -1.77. The number of rotatable bonds is 2. The molecule has 7 nitrogen and oxygen atoms in total. The van der Waals surface area contributed by atoms with Gasteiger partial charge in [0.25, 0.3) is 0 Å². The molecule has 1 aromatic carbocycles. The number of allylic oxidation sites excluding steroid dienone is 2. The van der Waals surface area contributed by atoms with Crippen LogP contribution < -0.4 is 0 Å². The van der Waals surface area contributed by atoms with Crippen molar-refractivity contribution in [3.05, 3.63) is 35.7 Å². The van der Waals surface area contributed by atoms with Crippen LogP contribution in [0, 0.1) is 24.2 Å². The highest BCUT2D eigenvalue weighted by molar-refractivity contribution is 5.83. The molecular weight excluding hydrogens is 454 g/mol. The van der Waals surface area contributed by atoms with Crippen molar-refractivity contribution in [3.63, 3.8) is 0 Å². The van der Waals surface area contributed by atoms with Gasteiger partial charge < -0.3 is 29.9 Å². The molecule has 9 unspecified atom stereocenters. The van der Waals surface area contributed by atoms with E-state index in [1.54, 1.807) is 0 Å². The second-order valence-corrected chi connectivity index (χ2v) is 13.0. The summed E-state index contributed by atoms with van der Waals surface area (Å²) in [5, 5.41) is 34.5. The number of nitrogens with zero attached hydrogens (tertiary/aromatic N) is 2. The molecule has 194 valence electrons.